The first kappa shape index (κ1) is 20.3. The largest absolute Gasteiger partial charge is 0.497 e. The Morgan fingerprint density at radius 3 is 2.48 bits per heavy atom. The standard InChI is InChI=1S/C21H26N2O4/c1-15-6-5-7-17(12-15)13-21(25)22-10-11-23(16(2)24)19-9-8-18(26-3)14-20(19)27-4/h5-9,12,14H,10-11,13H2,1-4H3,(H,22,25). The van der Waals surface area contributed by atoms with Crippen molar-refractivity contribution in [2.24, 2.45) is 0 Å². The van der Waals surface area contributed by atoms with Crippen LogP contribution in [0.2, 0.25) is 0 Å². The number of hydrogen-bond donors (Lipinski definition) is 1. The van der Waals surface area contributed by atoms with E-state index in [0.29, 0.717) is 36.7 Å². The molecule has 27 heavy (non-hydrogen) atoms. The van der Waals surface area contributed by atoms with Crippen LogP contribution >= 0.6 is 0 Å². The quantitative estimate of drug-likeness (QED) is 0.776. The van der Waals surface area contributed by atoms with Crippen molar-refractivity contribution in [1.29, 1.82) is 0 Å². The van der Waals surface area contributed by atoms with E-state index in [2.05, 4.69) is 5.32 Å². The summed E-state index contributed by atoms with van der Waals surface area (Å²) in [6.45, 7) is 4.17. The van der Waals surface area contributed by atoms with Crippen molar-refractivity contribution in [3.63, 3.8) is 0 Å². The molecule has 0 saturated heterocycles. The van der Waals surface area contributed by atoms with E-state index in [9.17, 15) is 9.59 Å². The molecule has 2 aromatic carbocycles. The summed E-state index contributed by atoms with van der Waals surface area (Å²) in [5.74, 6) is 0.971. The van der Waals surface area contributed by atoms with E-state index in [1.165, 1.54) is 6.92 Å². The van der Waals surface area contributed by atoms with Crippen molar-refractivity contribution in [1.82, 2.24) is 5.32 Å². The number of anilines is 1. The second-order valence-corrected chi connectivity index (χ2v) is 6.22. The van der Waals surface area contributed by atoms with Gasteiger partial charge in [-0.1, -0.05) is 29.8 Å². The van der Waals surface area contributed by atoms with Crippen LogP contribution in [0, 0.1) is 6.92 Å². The number of methoxy groups -OCH3 is 2. The highest BCUT2D eigenvalue weighted by Crippen LogP contribution is 2.32. The first-order valence-electron chi connectivity index (χ1n) is 8.77. The fourth-order valence-electron chi connectivity index (χ4n) is 2.83. The zero-order valence-electron chi connectivity index (χ0n) is 16.2. The van der Waals surface area contributed by atoms with Gasteiger partial charge in [-0.3, -0.25) is 9.59 Å². The maximum atomic E-state index is 12.2. The van der Waals surface area contributed by atoms with E-state index in [-0.39, 0.29) is 11.8 Å². The molecule has 6 heteroatoms. The lowest BCUT2D eigenvalue weighted by Crippen LogP contribution is -2.38. The first-order chi connectivity index (χ1) is 12.9. The summed E-state index contributed by atoms with van der Waals surface area (Å²) in [5, 5.41) is 2.87. The summed E-state index contributed by atoms with van der Waals surface area (Å²) in [6, 6.07) is 13.1. The van der Waals surface area contributed by atoms with Gasteiger partial charge in [-0.25, -0.2) is 0 Å². The summed E-state index contributed by atoms with van der Waals surface area (Å²) in [5.41, 5.74) is 2.72. The number of aryl methyl sites for hydroxylation is 1. The Hall–Kier alpha value is -3.02. The maximum absolute atomic E-state index is 12.2. The highest BCUT2D eigenvalue weighted by atomic mass is 16.5. The lowest BCUT2D eigenvalue weighted by molar-refractivity contribution is -0.121. The van der Waals surface area contributed by atoms with Gasteiger partial charge in [0.2, 0.25) is 11.8 Å². The number of nitrogens with one attached hydrogen (secondary N) is 1. The first-order valence-corrected chi connectivity index (χ1v) is 8.77. The Labute approximate surface area is 160 Å². The Morgan fingerprint density at radius 1 is 1.07 bits per heavy atom. The molecule has 2 amide bonds. The monoisotopic (exact) mass is 370 g/mol. The van der Waals surface area contributed by atoms with Crippen LogP contribution in [0.5, 0.6) is 11.5 Å². The van der Waals surface area contributed by atoms with E-state index < -0.39 is 0 Å². The predicted octanol–water partition coefficient (Wildman–Crippen LogP) is 2.72. The summed E-state index contributed by atoms with van der Waals surface area (Å²) in [4.78, 5) is 25.8. The molecule has 0 radical (unpaired) electrons. The van der Waals surface area contributed by atoms with Gasteiger partial charge in [-0.2, -0.15) is 0 Å². The van der Waals surface area contributed by atoms with E-state index in [1.54, 1.807) is 37.3 Å². The van der Waals surface area contributed by atoms with Crippen molar-refractivity contribution >= 4 is 17.5 Å². The molecule has 144 valence electrons. The van der Waals surface area contributed by atoms with Crippen LogP contribution in [0.4, 0.5) is 5.69 Å². The number of ether oxygens (including phenoxy) is 2. The molecule has 0 aliphatic heterocycles. The van der Waals surface area contributed by atoms with Crippen molar-refractivity contribution in [3.8, 4) is 11.5 Å². The lowest BCUT2D eigenvalue weighted by atomic mass is 10.1. The van der Waals surface area contributed by atoms with Gasteiger partial charge in [-0.15, -0.1) is 0 Å². The molecule has 0 heterocycles. The van der Waals surface area contributed by atoms with Crippen LogP contribution in [0.1, 0.15) is 18.1 Å². The Morgan fingerprint density at radius 2 is 1.85 bits per heavy atom. The predicted molar refractivity (Wildman–Crippen MR) is 105 cm³/mol. The van der Waals surface area contributed by atoms with Crippen molar-refractivity contribution in [2.45, 2.75) is 20.3 Å². The third-order valence-electron chi connectivity index (χ3n) is 4.16. The average molecular weight is 370 g/mol. The fraction of sp³-hybridized carbons (Fsp3) is 0.333. The molecule has 0 aromatic heterocycles. The van der Waals surface area contributed by atoms with Gasteiger partial charge in [-0.05, 0) is 24.6 Å². The highest BCUT2D eigenvalue weighted by molar-refractivity contribution is 5.93. The Bertz CT molecular complexity index is 805. The van der Waals surface area contributed by atoms with Crippen LogP contribution < -0.4 is 19.7 Å². The van der Waals surface area contributed by atoms with Gasteiger partial charge in [0.1, 0.15) is 11.5 Å². The minimum absolute atomic E-state index is 0.0780. The van der Waals surface area contributed by atoms with Crippen LogP contribution in [-0.2, 0) is 16.0 Å². The zero-order chi connectivity index (χ0) is 19.8. The zero-order valence-corrected chi connectivity index (χ0v) is 16.2. The summed E-state index contributed by atoms with van der Waals surface area (Å²) >= 11 is 0. The van der Waals surface area contributed by atoms with E-state index in [0.717, 1.165) is 11.1 Å². The third kappa shape index (κ3) is 5.74. The summed E-state index contributed by atoms with van der Waals surface area (Å²) in [6.07, 6.45) is 0.313. The minimum Gasteiger partial charge on any atom is -0.497 e. The molecule has 2 rings (SSSR count). The molecule has 0 saturated carbocycles. The highest BCUT2D eigenvalue weighted by Gasteiger charge is 2.17. The molecule has 0 atom stereocenters. The molecule has 0 unspecified atom stereocenters. The number of nitrogens with zero attached hydrogens (tertiary/aromatic N) is 1. The molecule has 0 spiro atoms. The lowest BCUT2D eigenvalue weighted by Gasteiger charge is -2.23. The molecule has 0 fully saturated rings. The van der Waals surface area contributed by atoms with Crippen LogP contribution in [-0.4, -0.2) is 39.1 Å². The van der Waals surface area contributed by atoms with Crippen LogP contribution in [0.25, 0.3) is 0 Å². The molecule has 1 N–H and O–H groups in total. The normalized spacial score (nSPS) is 10.2. The molecule has 6 nitrogen and oxygen atoms in total. The van der Waals surface area contributed by atoms with Gasteiger partial charge in [0.25, 0.3) is 0 Å². The molecular formula is C21H26N2O4. The van der Waals surface area contributed by atoms with Crippen LogP contribution in [0.15, 0.2) is 42.5 Å². The molecule has 2 aromatic rings. The number of benzene rings is 2. The molecule has 0 bridgehead atoms. The van der Waals surface area contributed by atoms with Crippen LogP contribution in [0.3, 0.4) is 0 Å². The van der Waals surface area contributed by atoms with Gasteiger partial charge < -0.3 is 19.7 Å². The van der Waals surface area contributed by atoms with Gasteiger partial charge in [0.15, 0.2) is 0 Å². The maximum Gasteiger partial charge on any atom is 0.224 e. The number of carbonyl (C=O) groups excluding carboxylic acids is 2. The van der Waals surface area contributed by atoms with Gasteiger partial charge in [0.05, 0.1) is 26.3 Å². The van der Waals surface area contributed by atoms with Crippen molar-refractivity contribution in [2.75, 3.05) is 32.2 Å². The van der Waals surface area contributed by atoms with Gasteiger partial charge >= 0.3 is 0 Å². The molecule has 0 aliphatic rings. The molecule has 0 aliphatic carbocycles. The Balaban J connectivity index is 1.99. The van der Waals surface area contributed by atoms with E-state index >= 15 is 0 Å². The van der Waals surface area contributed by atoms with Gasteiger partial charge in [0, 0.05) is 26.1 Å². The summed E-state index contributed by atoms with van der Waals surface area (Å²) in [7, 11) is 3.11. The van der Waals surface area contributed by atoms with E-state index in [4.69, 9.17) is 9.47 Å². The third-order valence-corrected chi connectivity index (χ3v) is 4.16. The average Bonchev–Trinajstić information content (AvgIpc) is 2.64. The summed E-state index contributed by atoms with van der Waals surface area (Å²) < 4.78 is 10.6. The number of hydrogen-bond acceptors (Lipinski definition) is 4. The SMILES string of the molecule is COc1ccc(N(CCNC(=O)Cc2cccc(C)c2)C(C)=O)c(OC)c1. The number of amides is 2. The van der Waals surface area contributed by atoms with E-state index in [1.807, 2.05) is 31.2 Å². The second-order valence-electron chi connectivity index (χ2n) is 6.22. The smallest absolute Gasteiger partial charge is 0.224 e. The second kappa shape index (κ2) is 9.62. The van der Waals surface area contributed by atoms with Crippen molar-refractivity contribution in [3.05, 3.63) is 53.6 Å². The Kier molecular flexibility index (Phi) is 7.23. The topological polar surface area (TPSA) is 67.9 Å². The number of rotatable bonds is 8. The number of carbonyl (C=O) groups is 2. The fourth-order valence-corrected chi connectivity index (χ4v) is 2.83. The molecular weight excluding hydrogens is 344 g/mol. The minimum atomic E-state index is -0.133. The van der Waals surface area contributed by atoms with Crippen molar-refractivity contribution < 1.29 is 19.1 Å².